The van der Waals surface area contributed by atoms with E-state index in [1.54, 1.807) is 0 Å². The lowest BCUT2D eigenvalue weighted by atomic mass is 9.85. The quantitative estimate of drug-likeness (QED) is 0.248. The number of rotatable bonds is 5. The van der Waals surface area contributed by atoms with Crippen LogP contribution in [0.4, 0.5) is 5.69 Å². The molecule has 1 aromatic heterocycles. The summed E-state index contributed by atoms with van der Waals surface area (Å²) in [5.74, 6) is 0.478. The van der Waals surface area contributed by atoms with Gasteiger partial charge in [-0.2, -0.15) is 5.26 Å². The van der Waals surface area contributed by atoms with Gasteiger partial charge in [0.2, 0.25) is 0 Å². The number of carbonyl (C=O) groups excluding carboxylic acids is 1. The van der Waals surface area contributed by atoms with Crippen LogP contribution in [0.15, 0.2) is 95.0 Å². The van der Waals surface area contributed by atoms with Crippen molar-refractivity contribution in [1.82, 2.24) is 9.47 Å². The van der Waals surface area contributed by atoms with Crippen LogP contribution in [0.25, 0.3) is 17.0 Å². The van der Waals surface area contributed by atoms with E-state index in [0.29, 0.717) is 22.9 Å². The number of aliphatic imine (C=N–C) groups is 1. The third-order valence-electron chi connectivity index (χ3n) is 7.80. The number of fused-ring (bicyclic) bond motifs is 1. The summed E-state index contributed by atoms with van der Waals surface area (Å²) in [6, 6.07) is 28.3. The van der Waals surface area contributed by atoms with Crippen molar-refractivity contribution in [2.24, 2.45) is 10.9 Å². The minimum Gasteiger partial charge on any atom is -0.342 e. The molecule has 1 saturated carbocycles. The first-order chi connectivity index (χ1) is 19.1. The molecule has 4 aromatic rings. The molecule has 0 bridgehead atoms. The second kappa shape index (κ2) is 11.0. The molecule has 0 radical (unpaired) electrons. The van der Waals surface area contributed by atoms with Crippen LogP contribution in [-0.4, -0.2) is 26.6 Å². The van der Waals surface area contributed by atoms with Gasteiger partial charge in [0, 0.05) is 35.2 Å². The Morgan fingerprint density at radius 2 is 1.74 bits per heavy atom. The summed E-state index contributed by atoms with van der Waals surface area (Å²) in [6.07, 6.45) is 8.62. The summed E-state index contributed by atoms with van der Waals surface area (Å²) in [4.78, 5) is 21.6. The normalized spacial score (nSPS) is 21.6. The number of nitriles is 1. The van der Waals surface area contributed by atoms with E-state index in [9.17, 15) is 10.1 Å². The fourth-order valence-corrected chi connectivity index (χ4v) is 6.80. The molecule has 1 aliphatic carbocycles. The summed E-state index contributed by atoms with van der Waals surface area (Å²) < 4.78 is 2.17. The molecular weight excluding hydrogens is 500 g/mol. The van der Waals surface area contributed by atoms with Gasteiger partial charge in [0.05, 0.1) is 22.2 Å². The van der Waals surface area contributed by atoms with Gasteiger partial charge < -0.3 is 4.57 Å². The van der Waals surface area contributed by atoms with Crippen LogP contribution in [0.1, 0.15) is 49.3 Å². The topological polar surface area (TPSA) is 61.4 Å². The molecule has 3 aromatic carbocycles. The molecule has 194 valence electrons. The van der Waals surface area contributed by atoms with Crippen LogP contribution in [0.3, 0.4) is 0 Å². The summed E-state index contributed by atoms with van der Waals surface area (Å²) >= 11 is 1.48. The van der Waals surface area contributed by atoms with Crippen LogP contribution in [0.5, 0.6) is 0 Å². The lowest BCUT2D eigenvalue weighted by Gasteiger charge is -2.35. The van der Waals surface area contributed by atoms with Gasteiger partial charge >= 0.3 is 0 Å². The summed E-state index contributed by atoms with van der Waals surface area (Å²) in [5.41, 5.74) is 4.57. The minimum absolute atomic E-state index is 0.0417. The molecule has 6 rings (SSSR count). The van der Waals surface area contributed by atoms with E-state index in [2.05, 4.69) is 35.9 Å². The number of carbonyl (C=O) groups is 1. The van der Waals surface area contributed by atoms with E-state index in [1.807, 2.05) is 77.7 Å². The maximum Gasteiger partial charge on any atom is 0.267 e. The van der Waals surface area contributed by atoms with E-state index in [0.717, 1.165) is 52.1 Å². The lowest BCUT2D eigenvalue weighted by Crippen LogP contribution is -2.44. The Kier molecular flexibility index (Phi) is 7.08. The van der Waals surface area contributed by atoms with Crippen molar-refractivity contribution < 1.29 is 4.79 Å². The van der Waals surface area contributed by atoms with Crippen LogP contribution >= 0.6 is 11.8 Å². The Balaban J connectivity index is 1.40. The molecule has 0 spiro atoms. The van der Waals surface area contributed by atoms with Gasteiger partial charge in [0.1, 0.15) is 0 Å². The van der Waals surface area contributed by atoms with Gasteiger partial charge in [0.15, 0.2) is 5.17 Å². The number of amides is 1. The Labute approximate surface area is 233 Å². The van der Waals surface area contributed by atoms with E-state index >= 15 is 0 Å². The predicted molar refractivity (Wildman–Crippen MR) is 160 cm³/mol. The van der Waals surface area contributed by atoms with Gasteiger partial charge in [-0.1, -0.05) is 74.4 Å². The summed E-state index contributed by atoms with van der Waals surface area (Å²) in [6.45, 7) is 2.84. The van der Waals surface area contributed by atoms with Crippen molar-refractivity contribution >= 4 is 45.5 Å². The van der Waals surface area contributed by atoms with Gasteiger partial charge in [-0.05, 0) is 66.4 Å². The fraction of sp³-hybridized carbons (Fsp3) is 0.242. The van der Waals surface area contributed by atoms with Gasteiger partial charge in [-0.15, -0.1) is 0 Å². The highest BCUT2D eigenvalue weighted by Gasteiger charge is 2.41. The Morgan fingerprint density at radius 3 is 2.56 bits per heavy atom. The van der Waals surface area contributed by atoms with Crippen molar-refractivity contribution in [3.8, 4) is 6.07 Å². The predicted octanol–water partition coefficient (Wildman–Crippen LogP) is 7.74. The second-order valence-corrected chi connectivity index (χ2v) is 11.4. The zero-order chi connectivity index (χ0) is 26.8. The van der Waals surface area contributed by atoms with Crippen LogP contribution in [0, 0.1) is 17.2 Å². The first kappa shape index (κ1) is 25.2. The average Bonchev–Trinajstić information content (AvgIpc) is 3.46. The standard InChI is InChI=1S/C33H30N4OS/c1-23-11-5-9-17-29(23)37-32(38)31(39-33(37)35-27-14-3-2-4-15-27)19-26-22-36(30-18-10-8-16-28(26)30)21-25-13-7-6-12-24(25)20-34/h2-4,6-8,10,12-16,18-19,22-23,29H,5,9,11,17,21H2,1H3/b31-19-,35-33?/t23-,29+/m0/s1. The summed E-state index contributed by atoms with van der Waals surface area (Å²) in [7, 11) is 0. The van der Waals surface area contributed by atoms with Crippen LogP contribution < -0.4 is 0 Å². The molecule has 0 unspecified atom stereocenters. The largest absolute Gasteiger partial charge is 0.342 e. The molecule has 39 heavy (non-hydrogen) atoms. The Hall–Kier alpha value is -4.08. The maximum atomic E-state index is 14.0. The zero-order valence-electron chi connectivity index (χ0n) is 22.0. The number of hydrogen-bond donors (Lipinski definition) is 0. The number of nitrogens with zero attached hydrogens (tertiary/aromatic N) is 4. The zero-order valence-corrected chi connectivity index (χ0v) is 22.8. The number of thioether (sulfide) groups is 1. The first-order valence-electron chi connectivity index (χ1n) is 13.5. The molecule has 2 fully saturated rings. The highest BCUT2D eigenvalue weighted by atomic mass is 32.2. The SMILES string of the molecule is C[C@H]1CCCC[C@H]1N1C(=O)/C(=C/c2cn(Cc3ccccc3C#N)c3ccccc23)SC1=Nc1ccccc1. The van der Waals surface area contributed by atoms with Gasteiger partial charge in [-0.25, -0.2) is 4.99 Å². The van der Waals surface area contributed by atoms with Crippen molar-refractivity contribution in [3.05, 3.63) is 107 Å². The van der Waals surface area contributed by atoms with Gasteiger partial charge in [-0.3, -0.25) is 9.69 Å². The van der Waals surface area contributed by atoms with Crippen LogP contribution in [0.2, 0.25) is 0 Å². The van der Waals surface area contributed by atoms with E-state index in [-0.39, 0.29) is 11.9 Å². The van der Waals surface area contributed by atoms with E-state index in [1.165, 1.54) is 18.2 Å². The Morgan fingerprint density at radius 1 is 1.00 bits per heavy atom. The molecule has 1 saturated heterocycles. The average molecular weight is 531 g/mol. The van der Waals surface area contributed by atoms with Crippen molar-refractivity contribution in [2.75, 3.05) is 0 Å². The molecule has 2 atom stereocenters. The van der Waals surface area contributed by atoms with E-state index in [4.69, 9.17) is 4.99 Å². The van der Waals surface area contributed by atoms with Gasteiger partial charge in [0.25, 0.3) is 5.91 Å². The number of para-hydroxylation sites is 2. The molecule has 1 amide bonds. The lowest BCUT2D eigenvalue weighted by molar-refractivity contribution is -0.124. The molecule has 6 heteroatoms. The third-order valence-corrected chi connectivity index (χ3v) is 8.78. The molecule has 0 N–H and O–H groups in total. The highest BCUT2D eigenvalue weighted by molar-refractivity contribution is 8.18. The maximum absolute atomic E-state index is 14.0. The Bertz CT molecular complexity index is 1630. The second-order valence-electron chi connectivity index (χ2n) is 10.3. The molecule has 1 aliphatic heterocycles. The highest BCUT2D eigenvalue weighted by Crippen LogP contribution is 2.40. The first-order valence-corrected chi connectivity index (χ1v) is 14.4. The van der Waals surface area contributed by atoms with E-state index < -0.39 is 0 Å². The van der Waals surface area contributed by atoms with Crippen molar-refractivity contribution in [2.45, 2.75) is 45.2 Å². The van der Waals surface area contributed by atoms with Crippen LogP contribution in [-0.2, 0) is 11.3 Å². The van der Waals surface area contributed by atoms with Crippen molar-refractivity contribution in [1.29, 1.82) is 5.26 Å². The minimum atomic E-state index is 0.0417. The number of benzene rings is 3. The fourth-order valence-electron chi connectivity index (χ4n) is 5.76. The smallest absolute Gasteiger partial charge is 0.267 e. The summed E-state index contributed by atoms with van der Waals surface area (Å²) in [5, 5.41) is 11.4. The number of amidine groups is 1. The molecule has 2 heterocycles. The third kappa shape index (κ3) is 5.03. The molecule has 5 nitrogen and oxygen atoms in total. The number of aromatic nitrogens is 1. The van der Waals surface area contributed by atoms with Crippen molar-refractivity contribution in [3.63, 3.8) is 0 Å². The number of hydrogen-bond acceptors (Lipinski definition) is 4. The monoisotopic (exact) mass is 530 g/mol. The molecular formula is C33H30N4OS. The molecule has 2 aliphatic rings.